The van der Waals surface area contributed by atoms with E-state index in [1.807, 2.05) is 4.90 Å². The number of carboxylic acids is 1. The standard InChI is InChI=1S/C13H19N3O3/c17-12(9-11-3-6-14-15-11)16-7-4-10(5-8-16)1-2-13(18)19/h3,6,10H,1-2,4-5,7-9H2,(H,14,15)(H,18,19). The van der Waals surface area contributed by atoms with Gasteiger partial charge >= 0.3 is 5.97 Å². The monoisotopic (exact) mass is 265 g/mol. The molecule has 0 atom stereocenters. The smallest absolute Gasteiger partial charge is 0.303 e. The zero-order valence-corrected chi connectivity index (χ0v) is 10.8. The summed E-state index contributed by atoms with van der Waals surface area (Å²) in [6.07, 6.45) is 4.76. The summed E-state index contributed by atoms with van der Waals surface area (Å²) in [5.74, 6) is -0.189. The molecule has 0 unspecified atom stereocenters. The van der Waals surface area contributed by atoms with E-state index in [-0.39, 0.29) is 12.3 Å². The Hall–Kier alpha value is -1.85. The molecule has 2 N–H and O–H groups in total. The number of nitrogens with one attached hydrogen (secondary N) is 1. The molecule has 1 saturated heterocycles. The van der Waals surface area contributed by atoms with Crippen molar-refractivity contribution in [2.45, 2.75) is 32.1 Å². The Labute approximate surface area is 111 Å². The minimum Gasteiger partial charge on any atom is -0.481 e. The van der Waals surface area contributed by atoms with Crippen LogP contribution < -0.4 is 0 Å². The van der Waals surface area contributed by atoms with Crippen molar-refractivity contribution in [1.29, 1.82) is 0 Å². The molecule has 1 aromatic heterocycles. The van der Waals surface area contributed by atoms with Crippen LogP contribution in [-0.4, -0.2) is 45.2 Å². The van der Waals surface area contributed by atoms with Gasteiger partial charge in [-0.05, 0) is 31.2 Å². The molecule has 6 nitrogen and oxygen atoms in total. The molecule has 2 heterocycles. The third-order valence-electron chi connectivity index (χ3n) is 3.63. The van der Waals surface area contributed by atoms with Gasteiger partial charge in [-0.1, -0.05) is 0 Å². The van der Waals surface area contributed by atoms with Crippen LogP contribution in [0.4, 0.5) is 0 Å². The number of rotatable bonds is 5. The van der Waals surface area contributed by atoms with Crippen LogP contribution in [0.3, 0.4) is 0 Å². The van der Waals surface area contributed by atoms with E-state index >= 15 is 0 Å². The van der Waals surface area contributed by atoms with Crippen molar-refractivity contribution in [3.63, 3.8) is 0 Å². The predicted molar refractivity (Wildman–Crippen MR) is 68.5 cm³/mol. The van der Waals surface area contributed by atoms with E-state index in [0.717, 1.165) is 38.0 Å². The molecule has 1 amide bonds. The summed E-state index contributed by atoms with van der Waals surface area (Å²) in [4.78, 5) is 24.4. The van der Waals surface area contributed by atoms with Crippen molar-refractivity contribution in [3.8, 4) is 0 Å². The summed E-state index contributed by atoms with van der Waals surface area (Å²) in [5, 5.41) is 15.3. The SMILES string of the molecule is O=C(O)CCC1CCN(C(=O)Cc2ccn[nH]2)CC1. The lowest BCUT2D eigenvalue weighted by Crippen LogP contribution is -2.39. The molecule has 104 valence electrons. The lowest BCUT2D eigenvalue weighted by molar-refractivity contribution is -0.138. The molecule has 0 aliphatic carbocycles. The number of aromatic amines is 1. The second kappa shape index (κ2) is 6.36. The van der Waals surface area contributed by atoms with Gasteiger partial charge in [0.05, 0.1) is 6.42 Å². The maximum Gasteiger partial charge on any atom is 0.303 e. The molecule has 19 heavy (non-hydrogen) atoms. The summed E-state index contributed by atoms with van der Waals surface area (Å²) >= 11 is 0. The molecule has 0 spiro atoms. The highest BCUT2D eigenvalue weighted by atomic mass is 16.4. The molecule has 1 aliphatic rings. The highest BCUT2D eigenvalue weighted by molar-refractivity contribution is 5.78. The zero-order valence-electron chi connectivity index (χ0n) is 10.8. The number of aromatic nitrogens is 2. The normalized spacial score (nSPS) is 16.5. The summed E-state index contributed by atoms with van der Waals surface area (Å²) in [6, 6.07) is 1.80. The Bertz CT molecular complexity index is 422. The van der Waals surface area contributed by atoms with Crippen LogP contribution in [0.15, 0.2) is 12.3 Å². The second-order valence-electron chi connectivity index (χ2n) is 5.02. The molecule has 6 heteroatoms. The maximum atomic E-state index is 12.0. The Morgan fingerprint density at radius 2 is 2.16 bits per heavy atom. The summed E-state index contributed by atoms with van der Waals surface area (Å²) < 4.78 is 0. The molecular weight excluding hydrogens is 246 g/mol. The third-order valence-corrected chi connectivity index (χ3v) is 3.63. The van der Waals surface area contributed by atoms with Gasteiger partial charge in [-0.3, -0.25) is 14.7 Å². The number of amides is 1. The second-order valence-corrected chi connectivity index (χ2v) is 5.02. The molecule has 0 aromatic carbocycles. The molecule has 0 saturated carbocycles. The molecule has 2 rings (SSSR count). The first-order valence-corrected chi connectivity index (χ1v) is 6.63. The number of nitrogens with zero attached hydrogens (tertiary/aromatic N) is 2. The van der Waals surface area contributed by atoms with Gasteiger partial charge in [0.15, 0.2) is 0 Å². The summed E-state index contributed by atoms with van der Waals surface area (Å²) in [6.45, 7) is 1.47. The number of hydrogen-bond donors (Lipinski definition) is 2. The number of aliphatic carboxylic acids is 1. The molecule has 1 aromatic rings. The fourth-order valence-corrected chi connectivity index (χ4v) is 2.46. The fourth-order valence-electron chi connectivity index (χ4n) is 2.46. The van der Waals surface area contributed by atoms with Crippen molar-refractivity contribution in [1.82, 2.24) is 15.1 Å². The van der Waals surface area contributed by atoms with Crippen molar-refractivity contribution in [3.05, 3.63) is 18.0 Å². The first-order chi connectivity index (χ1) is 9.15. The average Bonchev–Trinajstić information content (AvgIpc) is 2.89. The zero-order chi connectivity index (χ0) is 13.7. The minimum atomic E-state index is -0.738. The Morgan fingerprint density at radius 1 is 1.42 bits per heavy atom. The third kappa shape index (κ3) is 4.08. The number of hydrogen-bond acceptors (Lipinski definition) is 3. The van der Waals surface area contributed by atoms with Crippen LogP contribution in [0.25, 0.3) is 0 Å². The topological polar surface area (TPSA) is 86.3 Å². The first kappa shape index (κ1) is 13.6. The highest BCUT2D eigenvalue weighted by Crippen LogP contribution is 2.22. The average molecular weight is 265 g/mol. The van der Waals surface area contributed by atoms with E-state index in [0.29, 0.717) is 12.3 Å². The summed E-state index contributed by atoms with van der Waals surface area (Å²) in [7, 11) is 0. The number of H-pyrrole nitrogens is 1. The van der Waals surface area contributed by atoms with Gasteiger partial charge in [-0.15, -0.1) is 0 Å². The van der Waals surface area contributed by atoms with Crippen molar-refractivity contribution in [2.24, 2.45) is 5.92 Å². The maximum absolute atomic E-state index is 12.0. The van der Waals surface area contributed by atoms with Crippen molar-refractivity contribution < 1.29 is 14.7 Å². The lowest BCUT2D eigenvalue weighted by Gasteiger charge is -2.31. The van der Waals surface area contributed by atoms with E-state index in [2.05, 4.69) is 10.2 Å². The summed E-state index contributed by atoms with van der Waals surface area (Å²) in [5.41, 5.74) is 0.831. The van der Waals surface area contributed by atoms with Crippen LogP contribution in [0.5, 0.6) is 0 Å². The van der Waals surface area contributed by atoms with Crippen LogP contribution in [0.2, 0.25) is 0 Å². The van der Waals surface area contributed by atoms with Crippen LogP contribution in [-0.2, 0) is 16.0 Å². The van der Waals surface area contributed by atoms with E-state index in [4.69, 9.17) is 5.11 Å². The minimum absolute atomic E-state index is 0.112. The van der Waals surface area contributed by atoms with E-state index in [1.165, 1.54) is 0 Å². The quantitative estimate of drug-likeness (QED) is 0.833. The molecular formula is C13H19N3O3. The van der Waals surface area contributed by atoms with E-state index < -0.39 is 5.97 Å². The number of carboxylic acid groups (broad SMARTS) is 1. The number of piperidine rings is 1. The predicted octanol–water partition coefficient (Wildman–Crippen LogP) is 1.06. The van der Waals surface area contributed by atoms with Gasteiger partial charge < -0.3 is 10.0 Å². The Morgan fingerprint density at radius 3 is 2.74 bits per heavy atom. The fraction of sp³-hybridized carbons (Fsp3) is 0.615. The van der Waals surface area contributed by atoms with Crippen LogP contribution in [0.1, 0.15) is 31.4 Å². The first-order valence-electron chi connectivity index (χ1n) is 6.63. The van der Waals surface area contributed by atoms with Gasteiger partial charge in [0.25, 0.3) is 0 Å². The molecule has 0 bridgehead atoms. The molecule has 1 fully saturated rings. The van der Waals surface area contributed by atoms with Gasteiger partial charge in [0.1, 0.15) is 0 Å². The van der Waals surface area contributed by atoms with Gasteiger partial charge in [0.2, 0.25) is 5.91 Å². The Kier molecular flexibility index (Phi) is 4.54. The van der Waals surface area contributed by atoms with Gasteiger partial charge in [-0.25, -0.2) is 0 Å². The van der Waals surface area contributed by atoms with Crippen LogP contribution in [0, 0.1) is 5.92 Å². The van der Waals surface area contributed by atoms with E-state index in [1.54, 1.807) is 12.3 Å². The largest absolute Gasteiger partial charge is 0.481 e. The molecule has 0 radical (unpaired) electrons. The molecule has 1 aliphatic heterocycles. The number of carbonyl (C=O) groups excluding carboxylic acids is 1. The van der Waals surface area contributed by atoms with Gasteiger partial charge in [0, 0.05) is 31.4 Å². The van der Waals surface area contributed by atoms with Crippen LogP contribution >= 0.6 is 0 Å². The lowest BCUT2D eigenvalue weighted by atomic mass is 9.92. The van der Waals surface area contributed by atoms with Crippen molar-refractivity contribution >= 4 is 11.9 Å². The highest BCUT2D eigenvalue weighted by Gasteiger charge is 2.23. The van der Waals surface area contributed by atoms with Gasteiger partial charge in [-0.2, -0.15) is 5.10 Å². The Balaban J connectivity index is 1.73. The number of carbonyl (C=O) groups is 2. The number of likely N-dealkylation sites (tertiary alicyclic amines) is 1. The van der Waals surface area contributed by atoms with E-state index in [9.17, 15) is 9.59 Å². The van der Waals surface area contributed by atoms with Crippen molar-refractivity contribution in [2.75, 3.05) is 13.1 Å².